The molecule has 0 aliphatic carbocycles. The Labute approximate surface area is 153 Å². The summed E-state index contributed by atoms with van der Waals surface area (Å²) in [5.41, 5.74) is 1.44. The second kappa shape index (κ2) is 10.8. The minimum absolute atomic E-state index is 0. The van der Waals surface area contributed by atoms with Crippen LogP contribution in [0.15, 0.2) is 35.7 Å². The molecule has 1 atom stereocenters. The summed E-state index contributed by atoms with van der Waals surface area (Å²) in [6.45, 7) is 7.85. The van der Waals surface area contributed by atoms with E-state index in [9.17, 15) is 9.50 Å². The highest BCUT2D eigenvalue weighted by molar-refractivity contribution is 7.13. The third-order valence-corrected chi connectivity index (χ3v) is 4.79. The molecular weight excluding hydrogens is 349 g/mol. The summed E-state index contributed by atoms with van der Waals surface area (Å²) in [4.78, 5) is 3.21. The highest BCUT2D eigenvalue weighted by Gasteiger charge is 2.15. The Morgan fingerprint density at radius 3 is 2.62 bits per heavy atom. The molecule has 2 aromatic rings. The molecule has 2 rings (SSSR count). The van der Waals surface area contributed by atoms with Gasteiger partial charge in [-0.3, -0.25) is 0 Å². The van der Waals surface area contributed by atoms with E-state index in [2.05, 4.69) is 18.7 Å². The van der Waals surface area contributed by atoms with Crippen LogP contribution >= 0.6 is 23.7 Å². The number of rotatable bonds is 9. The lowest BCUT2D eigenvalue weighted by molar-refractivity contribution is 0.0276. The number of aliphatic hydroxyl groups excluding tert-OH is 1. The molecule has 3 nitrogen and oxygen atoms in total. The lowest BCUT2D eigenvalue weighted by Gasteiger charge is -2.19. The minimum Gasteiger partial charge on any atom is -0.386 e. The number of aliphatic hydroxyl groups is 1. The van der Waals surface area contributed by atoms with Crippen molar-refractivity contribution in [1.82, 2.24) is 4.90 Å². The highest BCUT2D eigenvalue weighted by atomic mass is 35.5. The van der Waals surface area contributed by atoms with Gasteiger partial charge < -0.3 is 14.7 Å². The summed E-state index contributed by atoms with van der Waals surface area (Å²) in [5.74, 6) is -0.299. The van der Waals surface area contributed by atoms with E-state index in [1.54, 1.807) is 6.07 Å². The molecule has 0 amide bonds. The topological polar surface area (TPSA) is 32.7 Å². The fourth-order valence-corrected chi connectivity index (χ4v) is 3.25. The zero-order valence-electron chi connectivity index (χ0n) is 14.1. The van der Waals surface area contributed by atoms with Crippen molar-refractivity contribution in [1.29, 1.82) is 0 Å². The summed E-state index contributed by atoms with van der Waals surface area (Å²) < 4.78 is 19.2. The Bertz CT molecular complexity index is 591. The van der Waals surface area contributed by atoms with Crippen LogP contribution in [-0.4, -0.2) is 42.9 Å². The summed E-state index contributed by atoms with van der Waals surface area (Å²) in [6, 6.07) is 8.34. The van der Waals surface area contributed by atoms with Crippen molar-refractivity contribution >= 4 is 23.7 Å². The molecule has 0 saturated heterocycles. The maximum absolute atomic E-state index is 13.6. The normalized spacial score (nSPS) is 12.2. The van der Waals surface area contributed by atoms with Crippen LogP contribution in [0.3, 0.4) is 0 Å². The number of likely N-dealkylation sites (N-methyl/N-ethyl adjacent to an activating group) is 1. The van der Waals surface area contributed by atoms with E-state index in [1.165, 1.54) is 23.5 Å². The first-order valence-electron chi connectivity index (χ1n) is 7.97. The van der Waals surface area contributed by atoms with Gasteiger partial charge in [-0.2, -0.15) is 0 Å². The molecule has 0 radical (unpaired) electrons. The van der Waals surface area contributed by atoms with Gasteiger partial charge in [0.15, 0.2) is 0 Å². The molecule has 0 aliphatic rings. The van der Waals surface area contributed by atoms with Crippen molar-refractivity contribution in [2.75, 3.05) is 32.8 Å². The van der Waals surface area contributed by atoms with E-state index in [4.69, 9.17) is 4.74 Å². The van der Waals surface area contributed by atoms with Crippen LogP contribution in [0.4, 0.5) is 4.39 Å². The molecule has 0 fully saturated rings. The van der Waals surface area contributed by atoms with Crippen LogP contribution in [0.25, 0.3) is 10.4 Å². The third-order valence-electron chi connectivity index (χ3n) is 3.88. The van der Waals surface area contributed by atoms with E-state index >= 15 is 0 Å². The summed E-state index contributed by atoms with van der Waals surface area (Å²) >= 11 is 1.53. The molecule has 1 N–H and O–H groups in total. The van der Waals surface area contributed by atoms with Gasteiger partial charge in [-0.1, -0.05) is 26.0 Å². The molecule has 0 spiro atoms. The Hall–Kier alpha value is -0.980. The average Bonchev–Trinajstić information content (AvgIpc) is 3.09. The fourth-order valence-electron chi connectivity index (χ4n) is 2.48. The number of nitrogens with zero attached hydrogens (tertiary/aromatic N) is 1. The standard InChI is InChI=1S/C18H24FNO2S.ClH/c1-3-20(4-2)9-10-22-13-17(21)15-8-7-14(19)12-16(15)18-6-5-11-23-18;/h5-8,11-12,17,21H,3-4,9-10,13H2,1-2H3;1H. The molecule has 0 bridgehead atoms. The van der Waals surface area contributed by atoms with Crippen molar-refractivity contribution in [2.24, 2.45) is 0 Å². The Kier molecular flexibility index (Phi) is 9.48. The van der Waals surface area contributed by atoms with Crippen molar-refractivity contribution in [3.8, 4) is 10.4 Å². The van der Waals surface area contributed by atoms with Crippen LogP contribution in [0.1, 0.15) is 25.5 Å². The largest absolute Gasteiger partial charge is 0.386 e. The van der Waals surface area contributed by atoms with E-state index in [0.717, 1.165) is 30.1 Å². The predicted molar refractivity (Wildman–Crippen MR) is 101 cm³/mol. The fraction of sp³-hybridized carbons (Fsp3) is 0.444. The number of halogens is 2. The number of ether oxygens (including phenoxy) is 1. The zero-order chi connectivity index (χ0) is 16.7. The van der Waals surface area contributed by atoms with Gasteiger partial charge >= 0.3 is 0 Å². The van der Waals surface area contributed by atoms with Crippen molar-refractivity contribution < 1.29 is 14.2 Å². The molecule has 134 valence electrons. The number of hydrogen-bond donors (Lipinski definition) is 1. The number of thiophene rings is 1. The smallest absolute Gasteiger partial charge is 0.123 e. The van der Waals surface area contributed by atoms with E-state index in [-0.39, 0.29) is 24.8 Å². The molecule has 0 saturated carbocycles. The van der Waals surface area contributed by atoms with Crippen LogP contribution < -0.4 is 0 Å². The van der Waals surface area contributed by atoms with Gasteiger partial charge in [0, 0.05) is 17.0 Å². The molecule has 1 aromatic carbocycles. The van der Waals surface area contributed by atoms with Gasteiger partial charge in [-0.15, -0.1) is 23.7 Å². The third kappa shape index (κ3) is 5.83. The summed E-state index contributed by atoms with van der Waals surface area (Å²) in [6.07, 6.45) is -0.760. The van der Waals surface area contributed by atoms with E-state index in [1.807, 2.05) is 17.5 Å². The van der Waals surface area contributed by atoms with Gasteiger partial charge in [0.2, 0.25) is 0 Å². The maximum atomic E-state index is 13.6. The van der Waals surface area contributed by atoms with E-state index in [0.29, 0.717) is 12.2 Å². The SMILES string of the molecule is CCN(CC)CCOCC(O)c1ccc(F)cc1-c1cccs1.Cl. The summed E-state index contributed by atoms with van der Waals surface area (Å²) in [7, 11) is 0. The zero-order valence-corrected chi connectivity index (χ0v) is 15.7. The Morgan fingerprint density at radius 1 is 1.25 bits per heavy atom. The molecule has 24 heavy (non-hydrogen) atoms. The van der Waals surface area contributed by atoms with Crippen molar-refractivity contribution in [3.05, 3.63) is 47.1 Å². The second-order valence-electron chi connectivity index (χ2n) is 5.33. The molecule has 6 heteroatoms. The van der Waals surface area contributed by atoms with Crippen LogP contribution in [0.5, 0.6) is 0 Å². The van der Waals surface area contributed by atoms with Gasteiger partial charge in [-0.25, -0.2) is 4.39 Å². The first-order valence-corrected chi connectivity index (χ1v) is 8.85. The minimum atomic E-state index is -0.760. The monoisotopic (exact) mass is 373 g/mol. The molecule has 1 unspecified atom stereocenters. The van der Waals surface area contributed by atoms with Gasteiger partial charge in [0.05, 0.1) is 13.2 Å². The van der Waals surface area contributed by atoms with Gasteiger partial charge in [0.25, 0.3) is 0 Å². The summed E-state index contributed by atoms with van der Waals surface area (Å²) in [5, 5.41) is 12.4. The first kappa shape index (κ1) is 21.1. The Morgan fingerprint density at radius 2 is 2.00 bits per heavy atom. The first-order chi connectivity index (χ1) is 11.2. The second-order valence-corrected chi connectivity index (χ2v) is 6.27. The van der Waals surface area contributed by atoms with Crippen molar-refractivity contribution in [3.63, 3.8) is 0 Å². The molecule has 1 aromatic heterocycles. The van der Waals surface area contributed by atoms with E-state index < -0.39 is 6.10 Å². The number of benzene rings is 1. The maximum Gasteiger partial charge on any atom is 0.123 e. The average molecular weight is 374 g/mol. The van der Waals surface area contributed by atoms with Gasteiger partial charge in [-0.05, 0) is 42.2 Å². The lowest BCUT2D eigenvalue weighted by Crippen LogP contribution is -2.27. The number of hydrogen-bond acceptors (Lipinski definition) is 4. The van der Waals surface area contributed by atoms with Crippen molar-refractivity contribution in [2.45, 2.75) is 20.0 Å². The molecule has 0 aliphatic heterocycles. The predicted octanol–water partition coefficient (Wildman–Crippen LogP) is 4.37. The van der Waals surface area contributed by atoms with Gasteiger partial charge in [0.1, 0.15) is 11.9 Å². The van der Waals surface area contributed by atoms with Crippen LogP contribution in [0, 0.1) is 5.82 Å². The van der Waals surface area contributed by atoms with Crippen LogP contribution in [-0.2, 0) is 4.74 Å². The highest BCUT2D eigenvalue weighted by Crippen LogP contribution is 2.32. The lowest BCUT2D eigenvalue weighted by atomic mass is 10.0. The van der Waals surface area contributed by atoms with Crippen LogP contribution in [0.2, 0.25) is 0 Å². The Balaban J connectivity index is 0.00000288. The molecule has 1 heterocycles. The molecular formula is C18H25ClFNO2S. The quantitative estimate of drug-likeness (QED) is 0.662.